The highest BCUT2D eigenvalue weighted by Gasteiger charge is 2.44. The van der Waals surface area contributed by atoms with Gasteiger partial charge in [-0.15, -0.1) is 6.42 Å². The fraction of sp³-hybridized carbons (Fsp3) is 0.607. The zero-order valence-corrected chi connectivity index (χ0v) is 22.2. The van der Waals surface area contributed by atoms with E-state index in [0.29, 0.717) is 11.1 Å². The first kappa shape index (κ1) is 28.2. The van der Waals surface area contributed by atoms with E-state index in [1.807, 2.05) is 20.8 Å². The van der Waals surface area contributed by atoms with Gasteiger partial charge < -0.3 is 20.3 Å². The number of rotatable bonds is 10. The van der Waals surface area contributed by atoms with E-state index >= 15 is 0 Å². The summed E-state index contributed by atoms with van der Waals surface area (Å²) in [6, 6.07) is 5.39. The number of carbonyl (C=O) groups is 3. The first-order valence-electron chi connectivity index (χ1n) is 12.6. The van der Waals surface area contributed by atoms with E-state index in [0.717, 1.165) is 25.7 Å². The Hall–Kier alpha value is -3.01. The molecule has 3 amide bonds. The molecule has 2 N–H and O–H groups in total. The number of nitrogens with zero attached hydrogens (tertiary/aromatic N) is 1. The SMILES string of the molecule is C#Cc1ccc(C(C(=O)NC(C)CCC)N(C(=O)C(NC(=O)OC(C)(C)C)C(C)C)C2CC2)cc1. The molecule has 0 spiro atoms. The van der Waals surface area contributed by atoms with E-state index in [1.54, 1.807) is 49.9 Å². The number of hydrogen-bond donors (Lipinski definition) is 2. The largest absolute Gasteiger partial charge is 0.444 e. The van der Waals surface area contributed by atoms with Crippen LogP contribution in [0.4, 0.5) is 4.79 Å². The monoisotopic (exact) mass is 483 g/mol. The Balaban J connectivity index is 2.43. The van der Waals surface area contributed by atoms with Crippen molar-refractivity contribution in [2.24, 2.45) is 5.92 Å². The summed E-state index contributed by atoms with van der Waals surface area (Å²) in [7, 11) is 0. The molecule has 1 aromatic carbocycles. The molecule has 0 radical (unpaired) electrons. The lowest BCUT2D eigenvalue weighted by molar-refractivity contribution is -0.144. The molecule has 1 fully saturated rings. The molecule has 1 aliphatic carbocycles. The Morgan fingerprint density at radius 3 is 2.17 bits per heavy atom. The molecular weight excluding hydrogens is 442 g/mol. The van der Waals surface area contributed by atoms with Crippen LogP contribution >= 0.6 is 0 Å². The highest BCUT2D eigenvalue weighted by molar-refractivity contribution is 5.92. The minimum atomic E-state index is -0.834. The van der Waals surface area contributed by atoms with Crippen molar-refractivity contribution in [3.8, 4) is 12.3 Å². The van der Waals surface area contributed by atoms with Crippen LogP contribution in [0.5, 0.6) is 0 Å². The van der Waals surface area contributed by atoms with E-state index in [1.165, 1.54) is 0 Å². The lowest BCUT2D eigenvalue weighted by Gasteiger charge is -2.36. The summed E-state index contributed by atoms with van der Waals surface area (Å²) < 4.78 is 5.40. The summed E-state index contributed by atoms with van der Waals surface area (Å²) in [6.07, 6.45) is 8.24. The number of carbonyl (C=O) groups excluding carboxylic acids is 3. The van der Waals surface area contributed by atoms with Gasteiger partial charge >= 0.3 is 6.09 Å². The molecule has 0 heterocycles. The number of hydrogen-bond acceptors (Lipinski definition) is 4. The fourth-order valence-corrected chi connectivity index (χ4v) is 4.01. The Kier molecular flexibility index (Phi) is 9.76. The molecule has 2 rings (SSSR count). The minimum Gasteiger partial charge on any atom is -0.444 e. The van der Waals surface area contributed by atoms with Gasteiger partial charge in [0, 0.05) is 17.6 Å². The van der Waals surface area contributed by atoms with Crippen molar-refractivity contribution in [1.82, 2.24) is 15.5 Å². The van der Waals surface area contributed by atoms with Crippen LogP contribution < -0.4 is 10.6 Å². The molecule has 192 valence electrons. The lowest BCUT2D eigenvalue weighted by Crippen LogP contribution is -2.56. The maximum absolute atomic E-state index is 14.0. The summed E-state index contributed by atoms with van der Waals surface area (Å²) in [5.74, 6) is 1.85. The zero-order valence-electron chi connectivity index (χ0n) is 22.2. The van der Waals surface area contributed by atoms with Crippen molar-refractivity contribution in [2.75, 3.05) is 0 Å². The first-order chi connectivity index (χ1) is 16.4. The quantitative estimate of drug-likeness (QED) is 0.478. The van der Waals surface area contributed by atoms with Crippen LogP contribution in [0.1, 0.15) is 91.3 Å². The Bertz CT molecular complexity index is 923. The standard InChI is InChI=1S/C28H41N3O4/c1-9-11-19(5)29-25(32)24(21-14-12-20(10-2)13-15-21)31(22-16-17-22)26(33)23(18(3)4)30-27(34)35-28(6,7)8/h2,12-15,18-19,22-24H,9,11,16-17H2,1,3-8H3,(H,29,32)(H,30,34). The third kappa shape index (κ3) is 8.31. The van der Waals surface area contributed by atoms with E-state index in [-0.39, 0.29) is 29.8 Å². The fourth-order valence-electron chi connectivity index (χ4n) is 4.01. The van der Waals surface area contributed by atoms with Crippen molar-refractivity contribution >= 4 is 17.9 Å². The van der Waals surface area contributed by atoms with Crippen LogP contribution in [0.2, 0.25) is 0 Å². The van der Waals surface area contributed by atoms with Gasteiger partial charge in [-0.2, -0.15) is 0 Å². The molecule has 1 saturated carbocycles. The van der Waals surface area contributed by atoms with E-state index in [4.69, 9.17) is 11.2 Å². The highest BCUT2D eigenvalue weighted by atomic mass is 16.6. The third-order valence-corrected chi connectivity index (χ3v) is 5.83. The van der Waals surface area contributed by atoms with Crippen molar-refractivity contribution in [1.29, 1.82) is 0 Å². The number of nitrogens with one attached hydrogen (secondary N) is 2. The number of benzene rings is 1. The molecule has 1 aliphatic rings. The molecule has 7 heteroatoms. The van der Waals surface area contributed by atoms with E-state index in [9.17, 15) is 14.4 Å². The summed E-state index contributed by atoms with van der Waals surface area (Å²) in [5.41, 5.74) is 0.690. The van der Waals surface area contributed by atoms with Crippen LogP contribution in [0.15, 0.2) is 24.3 Å². The molecule has 1 aromatic rings. The molecule has 7 nitrogen and oxygen atoms in total. The molecule has 0 aliphatic heterocycles. The van der Waals surface area contributed by atoms with Gasteiger partial charge in [0.25, 0.3) is 0 Å². The first-order valence-corrected chi connectivity index (χ1v) is 12.6. The topological polar surface area (TPSA) is 87.7 Å². The summed E-state index contributed by atoms with van der Waals surface area (Å²) in [4.78, 5) is 41.8. The number of amides is 3. The van der Waals surface area contributed by atoms with Crippen LogP contribution in [0.25, 0.3) is 0 Å². The molecule has 0 saturated heterocycles. The second-order valence-corrected chi connectivity index (χ2v) is 10.7. The van der Waals surface area contributed by atoms with Crippen LogP contribution in [-0.2, 0) is 14.3 Å². The molecule has 35 heavy (non-hydrogen) atoms. The maximum Gasteiger partial charge on any atom is 0.408 e. The van der Waals surface area contributed by atoms with Crippen molar-refractivity contribution < 1.29 is 19.1 Å². The summed E-state index contributed by atoms with van der Waals surface area (Å²) in [6.45, 7) is 13.1. The number of ether oxygens (including phenoxy) is 1. The Labute approximate surface area is 210 Å². The predicted molar refractivity (Wildman–Crippen MR) is 137 cm³/mol. The van der Waals surface area contributed by atoms with Gasteiger partial charge in [-0.1, -0.05) is 45.2 Å². The predicted octanol–water partition coefficient (Wildman–Crippen LogP) is 4.55. The van der Waals surface area contributed by atoms with Gasteiger partial charge in [0.05, 0.1) is 0 Å². The number of alkyl carbamates (subject to hydrolysis) is 1. The molecule has 3 unspecified atom stereocenters. The van der Waals surface area contributed by atoms with Gasteiger partial charge in [0.1, 0.15) is 17.7 Å². The van der Waals surface area contributed by atoms with Gasteiger partial charge in [-0.3, -0.25) is 9.59 Å². The van der Waals surface area contributed by atoms with Crippen LogP contribution in [-0.4, -0.2) is 46.5 Å². The Morgan fingerprint density at radius 2 is 1.71 bits per heavy atom. The van der Waals surface area contributed by atoms with Crippen molar-refractivity contribution in [3.05, 3.63) is 35.4 Å². The smallest absolute Gasteiger partial charge is 0.408 e. The van der Waals surface area contributed by atoms with Crippen molar-refractivity contribution in [2.45, 2.75) is 104 Å². The Morgan fingerprint density at radius 1 is 1.11 bits per heavy atom. The maximum atomic E-state index is 14.0. The second kappa shape index (κ2) is 12.1. The van der Waals surface area contributed by atoms with Gasteiger partial charge in [-0.05, 0) is 70.6 Å². The van der Waals surface area contributed by atoms with Crippen LogP contribution in [0.3, 0.4) is 0 Å². The summed E-state index contributed by atoms with van der Waals surface area (Å²) >= 11 is 0. The normalized spacial score (nSPS) is 16.0. The molecular formula is C28H41N3O4. The lowest BCUT2D eigenvalue weighted by atomic mass is 9.97. The number of terminal acetylenes is 1. The molecule has 3 atom stereocenters. The van der Waals surface area contributed by atoms with Gasteiger partial charge in [0.2, 0.25) is 11.8 Å². The van der Waals surface area contributed by atoms with Crippen LogP contribution in [0, 0.1) is 18.3 Å². The molecule has 0 bridgehead atoms. The third-order valence-electron chi connectivity index (χ3n) is 5.83. The van der Waals surface area contributed by atoms with Gasteiger partial charge in [-0.25, -0.2) is 4.79 Å². The second-order valence-electron chi connectivity index (χ2n) is 10.7. The van der Waals surface area contributed by atoms with Gasteiger partial charge in [0.15, 0.2) is 0 Å². The van der Waals surface area contributed by atoms with Crippen molar-refractivity contribution in [3.63, 3.8) is 0 Å². The minimum absolute atomic E-state index is 0.0306. The highest BCUT2D eigenvalue weighted by Crippen LogP contribution is 2.36. The average molecular weight is 484 g/mol. The van der Waals surface area contributed by atoms with E-state index in [2.05, 4.69) is 23.5 Å². The molecule has 0 aromatic heterocycles. The average Bonchev–Trinajstić information content (AvgIpc) is 3.59. The van der Waals surface area contributed by atoms with E-state index < -0.39 is 23.8 Å². The summed E-state index contributed by atoms with van der Waals surface area (Å²) in [5, 5.41) is 5.83. The zero-order chi connectivity index (χ0) is 26.3.